The fourth-order valence-corrected chi connectivity index (χ4v) is 2.65. The quantitative estimate of drug-likeness (QED) is 0.838. The summed E-state index contributed by atoms with van der Waals surface area (Å²) in [4.78, 5) is 7.92. The molecule has 0 aliphatic carbocycles. The van der Waals surface area contributed by atoms with E-state index >= 15 is 0 Å². The summed E-state index contributed by atoms with van der Waals surface area (Å²) in [6, 6.07) is 1.65. The van der Waals surface area contributed by atoms with Gasteiger partial charge in [0.25, 0.3) is 10.0 Å². The summed E-state index contributed by atoms with van der Waals surface area (Å²) < 4.78 is 28.7. The molecule has 2 rings (SSSR count). The van der Waals surface area contributed by atoms with Crippen LogP contribution < -0.4 is 10.0 Å². The Bertz CT molecular complexity index is 693. The molecule has 0 aliphatic rings. The predicted octanol–water partition coefficient (Wildman–Crippen LogP) is 1.49. The molecule has 114 valence electrons. The summed E-state index contributed by atoms with van der Waals surface area (Å²) in [6.45, 7) is 6.40. The third-order valence-corrected chi connectivity index (χ3v) is 3.98. The molecule has 0 saturated heterocycles. The molecular formula is C12H18N6O2S. The molecule has 2 N–H and O–H groups in total. The molecule has 9 heteroatoms. The van der Waals surface area contributed by atoms with Crippen molar-refractivity contribution < 1.29 is 8.42 Å². The summed E-state index contributed by atoms with van der Waals surface area (Å²) in [5, 5.41) is 6.98. The first-order chi connectivity index (χ1) is 9.94. The molecule has 21 heavy (non-hydrogen) atoms. The molecule has 0 aliphatic heterocycles. The zero-order chi connectivity index (χ0) is 15.5. The molecule has 0 aromatic carbocycles. The minimum absolute atomic E-state index is 0.000610. The fraction of sp³-hybridized carbons (Fsp3) is 0.417. The summed E-state index contributed by atoms with van der Waals surface area (Å²) in [6.07, 6.45) is 4.08. The third kappa shape index (κ3) is 3.48. The van der Waals surface area contributed by atoms with Gasteiger partial charge in [-0.05, 0) is 20.8 Å². The first kappa shape index (κ1) is 15.2. The molecule has 0 saturated carbocycles. The molecule has 0 amide bonds. The van der Waals surface area contributed by atoms with Crippen molar-refractivity contribution in [2.24, 2.45) is 0 Å². The number of hydrogen-bond donors (Lipinski definition) is 2. The van der Waals surface area contributed by atoms with Gasteiger partial charge in [-0.25, -0.2) is 23.1 Å². The Labute approximate surface area is 123 Å². The molecule has 2 aromatic heterocycles. The number of hydrogen-bond acceptors (Lipinski definition) is 6. The van der Waals surface area contributed by atoms with Crippen LogP contribution in [-0.2, 0) is 10.0 Å². The van der Waals surface area contributed by atoms with E-state index in [0.29, 0.717) is 18.3 Å². The van der Waals surface area contributed by atoms with E-state index in [1.807, 2.05) is 20.8 Å². The van der Waals surface area contributed by atoms with Crippen LogP contribution in [0.3, 0.4) is 0 Å². The van der Waals surface area contributed by atoms with Gasteiger partial charge < -0.3 is 5.32 Å². The van der Waals surface area contributed by atoms with Gasteiger partial charge in [0.2, 0.25) is 5.95 Å². The smallest absolute Gasteiger partial charge is 0.266 e. The average Bonchev–Trinajstić information content (AvgIpc) is 2.87. The van der Waals surface area contributed by atoms with Gasteiger partial charge in [0.15, 0.2) is 0 Å². The lowest BCUT2D eigenvalue weighted by atomic mass is 10.4. The van der Waals surface area contributed by atoms with Crippen molar-refractivity contribution in [1.29, 1.82) is 0 Å². The lowest BCUT2D eigenvalue weighted by Crippen LogP contribution is -2.18. The minimum Gasteiger partial charge on any atom is -0.355 e. The Morgan fingerprint density at radius 1 is 1.29 bits per heavy atom. The number of anilines is 2. The Morgan fingerprint density at radius 3 is 2.52 bits per heavy atom. The van der Waals surface area contributed by atoms with Crippen LogP contribution in [0.2, 0.25) is 0 Å². The van der Waals surface area contributed by atoms with Crippen LogP contribution in [0.1, 0.15) is 26.8 Å². The highest BCUT2D eigenvalue weighted by Gasteiger charge is 2.18. The second kappa shape index (κ2) is 6.08. The summed E-state index contributed by atoms with van der Waals surface area (Å²) in [5.41, 5.74) is 0. The highest BCUT2D eigenvalue weighted by Crippen LogP contribution is 2.18. The zero-order valence-electron chi connectivity index (χ0n) is 12.1. The van der Waals surface area contributed by atoms with Crippen molar-refractivity contribution >= 4 is 21.8 Å². The van der Waals surface area contributed by atoms with Gasteiger partial charge in [-0.1, -0.05) is 0 Å². The molecule has 0 bridgehead atoms. The summed E-state index contributed by atoms with van der Waals surface area (Å²) in [7, 11) is -3.73. The fourth-order valence-electron chi connectivity index (χ4n) is 1.71. The van der Waals surface area contributed by atoms with E-state index < -0.39 is 10.0 Å². The number of sulfonamides is 1. The number of nitrogens with one attached hydrogen (secondary N) is 2. The molecule has 0 fully saturated rings. The van der Waals surface area contributed by atoms with Crippen LogP contribution in [0.5, 0.6) is 0 Å². The Hall–Kier alpha value is -2.16. The number of aromatic nitrogens is 4. The monoisotopic (exact) mass is 310 g/mol. The molecule has 2 heterocycles. The van der Waals surface area contributed by atoms with E-state index in [2.05, 4.69) is 25.1 Å². The van der Waals surface area contributed by atoms with Crippen LogP contribution in [-0.4, -0.2) is 34.7 Å². The van der Waals surface area contributed by atoms with Crippen molar-refractivity contribution in [2.45, 2.75) is 31.7 Å². The number of nitrogens with zero attached hydrogens (tertiary/aromatic N) is 4. The Morgan fingerprint density at radius 2 is 1.95 bits per heavy atom. The Balaban J connectivity index is 2.23. The van der Waals surface area contributed by atoms with Crippen LogP contribution >= 0.6 is 0 Å². The molecule has 0 spiro atoms. The van der Waals surface area contributed by atoms with Crippen molar-refractivity contribution in [2.75, 3.05) is 16.6 Å². The van der Waals surface area contributed by atoms with Gasteiger partial charge >= 0.3 is 0 Å². The van der Waals surface area contributed by atoms with Crippen LogP contribution in [0.25, 0.3) is 0 Å². The van der Waals surface area contributed by atoms with Gasteiger partial charge in [0.1, 0.15) is 10.7 Å². The maximum Gasteiger partial charge on any atom is 0.266 e. The van der Waals surface area contributed by atoms with Crippen molar-refractivity contribution in [3.05, 3.63) is 24.7 Å². The van der Waals surface area contributed by atoms with Crippen molar-refractivity contribution in [3.63, 3.8) is 0 Å². The normalized spacial score (nSPS) is 11.6. The van der Waals surface area contributed by atoms with Crippen LogP contribution in [0, 0.1) is 0 Å². The second-order valence-corrected chi connectivity index (χ2v) is 6.32. The van der Waals surface area contributed by atoms with Gasteiger partial charge in [-0.2, -0.15) is 5.10 Å². The molecule has 0 unspecified atom stereocenters. The standard InChI is InChI=1S/C12H18N6O2S/c1-4-13-12-14-7-10(8-15-12)21(19,20)17-11-5-6-16-18(11)9(2)3/h5-9,17H,4H2,1-3H3,(H,13,14,15). The van der Waals surface area contributed by atoms with Gasteiger partial charge in [0, 0.05) is 18.7 Å². The zero-order valence-corrected chi connectivity index (χ0v) is 12.9. The Kier molecular flexibility index (Phi) is 4.41. The first-order valence-corrected chi connectivity index (χ1v) is 8.04. The van der Waals surface area contributed by atoms with E-state index in [9.17, 15) is 8.42 Å². The van der Waals surface area contributed by atoms with E-state index in [4.69, 9.17) is 0 Å². The maximum atomic E-state index is 12.3. The van der Waals surface area contributed by atoms with E-state index in [-0.39, 0.29) is 10.9 Å². The summed E-state index contributed by atoms with van der Waals surface area (Å²) in [5.74, 6) is 0.796. The molecule has 0 radical (unpaired) electrons. The molecular weight excluding hydrogens is 292 g/mol. The average molecular weight is 310 g/mol. The van der Waals surface area contributed by atoms with Crippen LogP contribution in [0.15, 0.2) is 29.6 Å². The lowest BCUT2D eigenvalue weighted by Gasteiger charge is -2.12. The van der Waals surface area contributed by atoms with Gasteiger partial charge in [-0.3, -0.25) is 4.72 Å². The summed E-state index contributed by atoms with van der Waals surface area (Å²) >= 11 is 0. The van der Waals surface area contributed by atoms with Crippen molar-refractivity contribution in [1.82, 2.24) is 19.7 Å². The molecule has 8 nitrogen and oxygen atoms in total. The number of rotatable bonds is 6. The molecule has 0 atom stereocenters. The molecule has 2 aromatic rings. The van der Waals surface area contributed by atoms with Crippen molar-refractivity contribution in [3.8, 4) is 0 Å². The third-order valence-electron chi connectivity index (χ3n) is 2.67. The second-order valence-electron chi connectivity index (χ2n) is 4.63. The van der Waals surface area contributed by atoms with Gasteiger partial charge in [-0.15, -0.1) is 0 Å². The minimum atomic E-state index is -3.73. The van der Waals surface area contributed by atoms with Crippen LogP contribution in [0.4, 0.5) is 11.8 Å². The van der Waals surface area contributed by atoms with E-state index in [1.54, 1.807) is 16.9 Å². The lowest BCUT2D eigenvalue weighted by molar-refractivity contribution is 0.539. The van der Waals surface area contributed by atoms with E-state index in [0.717, 1.165) is 0 Å². The SMILES string of the molecule is CCNc1ncc(S(=O)(=O)Nc2ccnn2C(C)C)cn1. The highest BCUT2D eigenvalue weighted by molar-refractivity contribution is 7.92. The topological polar surface area (TPSA) is 102 Å². The highest BCUT2D eigenvalue weighted by atomic mass is 32.2. The first-order valence-electron chi connectivity index (χ1n) is 6.56. The maximum absolute atomic E-state index is 12.3. The predicted molar refractivity (Wildman–Crippen MR) is 79.6 cm³/mol. The van der Waals surface area contributed by atoms with E-state index in [1.165, 1.54) is 12.4 Å². The largest absolute Gasteiger partial charge is 0.355 e. The van der Waals surface area contributed by atoms with Gasteiger partial charge in [0.05, 0.1) is 18.6 Å².